The van der Waals surface area contributed by atoms with E-state index in [1.807, 2.05) is 0 Å². The van der Waals surface area contributed by atoms with Crippen LogP contribution in [0.25, 0.3) is 43.8 Å². The molecule has 0 heterocycles. The van der Waals surface area contributed by atoms with Crippen molar-refractivity contribution in [1.29, 1.82) is 0 Å². The zero-order valence-electron chi connectivity index (χ0n) is 33.4. The summed E-state index contributed by atoms with van der Waals surface area (Å²) >= 11 is 0. The molecule has 10 aromatic carbocycles. The van der Waals surface area contributed by atoms with Crippen molar-refractivity contribution < 1.29 is 0 Å². The normalized spacial score (nSPS) is 15.6. The van der Waals surface area contributed by atoms with E-state index < -0.39 is 5.41 Å². The number of benzene rings is 10. The van der Waals surface area contributed by atoms with Crippen molar-refractivity contribution in [2.75, 3.05) is 4.90 Å². The Morgan fingerprint density at radius 3 is 1.58 bits per heavy atom. The molecule has 0 amide bonds. The molecule has 1 heteroatoms. The molecule has 0 spiro atoms. The lowest BCUT2D eigenvalue weighted by molar-refractivity contribution is 0.714. The van der Waals surface area contributed by atoms with Crippen molar-refractivity contribution >= 4 is 38.6 Å². The highest BCUT2D eigenvalue weighted by molar-refractivity contribution is 6.15. The molecule has 0 saturated heterocycles. The number of hydrogen-bond acceptors (Lipinski definition) is 1. The Kier molecular flexibility index (Phi) is 7.65. The SMILES string of the molecule is CC1(c2ccccc2)c2ccccc2-c2c(N(c3ccc4c(c3)-c3ccccc3C4(c3ccccc3)c3ccccc3)c3cc4ccccc4c4ccccc34)cccc21. The average Bonchev–Trinajstić information content (AvgIpc) is 3.77. The fraction of sp³-hybridized carbons (Fsp3) is 0.0508. The monoisotopic (exact) mass is 763 g/mol. The second-order valence-electron chi connectivity index (χ2n) is 16.5. The highest BCUT2D eigenvalue weighted by atomic mass is 15.1. The minimum Gasteiger partial charge on any atom is -0.309 e. The van der Waals surface area contributed by atoms with Crippen LogP contribution < -0.4 is 4.90 Å². The van der Waals surface area contributed by atoms with Gasteiger partial charge in [-0.25, -0.2) is 0 Å². The molecule has 2 aliphatic carbocycles. The molecule has 0 radical (unpaired) electrons. The molecule has 60 heavy (non-hydrogen) atoms. The number of hydrogen-bond donors (Lipinski definition) is 0. The van der Waals surface area contributed by atoms with E-state index in [2.05, 4.69) is 242 Å². The van der Waals surface area contributed by atoms with Gasteiger partial charge in [0.15, 0.2) is 0 Å². The Labute approximate surface area is 351 Å². The van der Waals surface area contributed by atoms with Crippen LogP contribution in [0, 0.1) is 0 Å². The first-order chi connectivity index (χ1) is 29.7. The third kappa shape index (κ3) is 4.75. The summed E-state index contributed by atoms with van der Waals surface area (Å²) in [6.07, 6.45) is 0. The summed E-state index contributed by atoms with van der Waals surface area (Å²) in [4.78, 5) is 2.56. The molecule has 0 fully saturated rings. The Morgan fingerprint density at radius 2 is 0.867 bits per heavy atom. The van der Waals surface area contributed by atoms with Gasteiger partial charge in [0.1, 0.15) is 0 Å². The van der Waals surface area contributed by atoms with Crippen molar-refractivity contribution in [3.63, 3.8) is 0 Å². The predicted molar refractivity (Wildman–Crippen MR) is 251 cm³/mol. The molecule has 0 aliphatic heterocycles. The first-order valence-corrected chi connectivity index (χ1v) is 21.0. The van der Waals surface area contributed by atoms with E-state index in [0.29, 0.717) is 0 Å². The maximum absolute atomic E-state index is 2.56. The van der Waals surface area contributed by atoms with Gasteiger partial charge in [-0.05, 0) is 103 Å². The fourth-order valence-electron chi connectivity index (χ4n) is 11.0. The van der Waals surface area contributed by atoms with Crippen LogP contribution in [0.15, 0.2) is 231 Å². The van der Waals surface area contributed by atoms with Gasteiger partial charge in [-0.15, -0.1) is 0 Å². The second-order valence-corrected chi connectivity index (χ2v) is 16.5. The zero-order valence-corrected chi connectivity index (χ0v) is 33.4. The number of nitrogens with zero attached hydrogens (tertiary/aromatic N) is 1. The summed E-state index contributed by atoms with van der Waals surface area (Å²) in [5.41, 5.74) is 16.8. The number of fused-ring (bicyclic) bond motifs is 9. The molecule has 282 valence electrons. The molecule has 1 atom stereocenters. The van der Waals surface area contributed by atoms with E-state index in [1.54, 1.807) is 0 Å². The summed E-state index contributed by atoms with van der Waals surface area (Å²) in [5, 5.41) is 4.94. The maximum atomic E-state index is 2.56. The molecule has 2 aliphatic rings. The van der Waals surface area contributed by atoms with Crippen LogP contribution in [0.5, 0.6) is 0 Å². The molecule has 1 unspecified atom stereocenters. The summed E-state index contributed by atoms with van der Waals surface area (Å²) in [6.45, 7) is 2.41. The van der Waals surface area contributed by atoms with E-state index in [4.69, 9.17) is 0 Å². The zero-order chi connectivity index (χ0) is 39.8. The van der Waals surface area contributed by atoms with Crippen LogP contribution >= 0.6 is 0 Å². The lowest BCUT2D eigenvalue weighted by atomic mass is 9.68. The molecule has 12 rings (SSSR count). The number of rotatable bonds is 6. The summed E-state index contributed by atoms with van der Waals surface area (Å²) in [6, 6.07) is 85.8. The van der Waals surface area contributed by atoms with E-state index in [0.717, 1.165) is 11.4 Å². The quantitative estimate of drug-likeness (QED) is 0.152. The van der Waals surface area contributed by atoms with Gasteiger partial charge >= 0.3 is 0 Å². The van der Waals surface area contributed by atoms with E-state index in [1.165, 1.54) is 88.4 Å². The Hall–Kier alpha value is -7.48. The van der Waals surface area contributed by atoms with Gasteiger partial charge in [0.2, 0.25) is 0 Å². The standard InChI is InChI=1S/C59H41N/c1-58(41-21-5-2-6-22-41)51-32-17-16-31-49(51)57-54(58)34-19-35-55(57)60(56-38-40-20-11-12-27-45(40)46-28-13-14-30-48(46)56)44-36-37-53-50(39-44)47-29-15-18-33-52(47)59(53,42-23-7-3-8-24-42)43-25-9-4-10-26-43/h2-39H,1H3. The van der Waals surface area contributed by atoms with Crippen LogP contribution in [-0.4, -0.2) is 0 Å². The van der Waals surface area contributed by atoms with E-state index >= 15 is 0 Å². The van der Waals surface area contributed by atoms with Crippen LogP contribution in [-0.2, 0) is 10.8 Å². The maximum Gasteiger partial charge on any atom is 0.0713 e. The molecule has 1 nitrogen and oxygen atoms in total. The lowest BCUT2D eigenvalue weighted by Gasteiger charge is -2.34. The fourth-order valence-corrected chi connectivity index (χ4v) is 11.0. The number of anilines is 3. The largest absolute Gasteiger partial charge is 0.309 e. The Morgan fingerprint density at radius 1 is 0.333 bits per heavy atom. The highest BCUT2D eigenvalue weighted by Crippen LogP contribution is 2.60. The molecule has 0 aromatic heterocycles. The van der Waals surface area contributed by atoms with Crippen molar-refractivity contribution in [1.82, 2.24) is 0 Å². The molecular weight excluding hydrogens is 723 g/mol. The van der Waals surface area contributed by atoms with E-state index in [9.17, 15) is 0 Å². The van der Waals surface area contributed by atoms with Crippen LogP contribution in [0.1, 0.15) is 45.9 Å². The van der Waals surface area contributed by atoms with Gasteiger partial charge in [0.05, 0.1) is 16.8 Å². The first-order valence-electron chi connectivity index (χ1n) is 21.0. The summed E-state index contributed by atoms with van der Waals surface area (Å²) < 4.78 is 0. The second kappa shape index (κ2) is 13.3. The van der Waals surface area contributed by atoms with Gasteiger partial charge in [-0.1, -0.05) is 206 Å². The van der Waals surface area contributed by atoms with Crippen molar-refractivity contribution in [2.24, 2.45) is 0 Å². The van der Waals surface area contributed by atoms with Crippen LogP contribution in [0.4, 0.5) is 17.1 Å². The minimum atomic E-state index is -0.474. The van der Waals surface area contributed by atoms with Gasteiger partial charge in [-0.3, -0.25) is 0 Å². The molecular formula is C59H41N. The molecule has 0 saturated carbocycles. The Bertz CT molecular complexity index is 3240. The first kappa shape index (κ1) is 34.6. The van der Waals surface area contributed by atoms with Crippen LogP contribution in [0.3, 0.4) is 0 Å². The van der Waals surface area contributed by atoms with Gasteiger partial charge in [0, 0.05) is 22.1 Å². The molecule has 10 aromatic rings. The third-order valence-electron chi connectivity index (χ3n) is 13.6. The van der Waals surface area contributed by atoms with Crippen molar-refractivity contribution in [3.05, 3.63) is 269 Å². The smallest absolute Gasteiger partial charge is 0.0713 e. The van der Waals surface area contributed by atoms with Gasteiger partial charge < -0.3 is 4.90 Å². The lowest BCUT2D eigenvalue weighted by Crippen LogP contribution is -2.28. The Balaban J connectivity index is 1.19. The predicted octanol–water partition coefficient (Wildman–Crippen LogP) is 15.2. The molecule has 0 N–H and O–H groups in total. The van der Waals surface area contributed by atoms with Gasteiger partial charge in [-0.2, -0.15) is 0 Å². The molecule has 0 bridgehead atoms. The van der Waals surface area contributed by atoms with Gasteiger partial charge in [0.25, 0.3) is 0 Å². The van der Waals surface area contributed by atoms with Crippen LogP contribution in [0.2, 0.25) is 0 Å². The third-order valence-corrected chi connectivity index (χ3v) is 13.6. The topological polar surface area (TPSA) is 3.24 Å². The van der Waals surface area contributed by atoms with Crippen molar-refractivity contribution in [2.45, 2.75) is 17.8 Å². The summed E-state index contributed by atoms with van der Waals surface area (Å²) in [7, 11) is 0. The highest BCUT2D eigenvalue weighted by Gasteiger charge is 2.47. The summed E-state index contributed by atoms with van der Waals surface area (Å²) in [5.74, 6) is 0. The average molecular weight is 764 g/mol. The van der Waals surface area contributed by atoms with E-state index in [-0.39, 0.29) is 5.41 Å². The van der Waals surface area contributed by atoms with Crippen molar-refractivity contribution in [3.8, 4) is 22.3 Å². The minimum absolute atomic E-state index is 0.331.